The highest BCUT2D eigenvalue weighted by Crippen LogP contribution is 2.11. The van der Waals surface area contributed by atoms with Crippen molar-refractivity contribution in [3.63, 3.8) is 0 Å². The summed E-state index contributed by atoms with van der Waals surface area (Å²) < 4.78 is 15.4. The number of halogens is 1. The van der Waals surface area contributed by atoms with Gasteiger partial charge in [-0.3, -0.25) is 0 Å². The van der Waals surface area contributed by atoms with Crippen molar-refractivity contribution in [2.45, 2.75) is 4.90 Å². The minimum absolute atomic E-state index is 0.786. The first-order chi connectivity index (χ1) is 5.17. The summed E-state index contributed by atoms with van der Waals surface area (Å²) in [6.45, 7) is 0. The van der Waals surface area contributed by atoms with Gasteiger partial charge in [-0.15, -0.1) is 0 Å². The minimum atomic E-state index is -2.14. The van der Waals surface area contributed by atoms with Crippen LogP contribution < -0.4 is 0 Å². The molecule has 0 amide bonds. The van der Waals surface area contributed by atoms with E-state index in [2.05, 4.69) is 2.58 Å². The minimum Gasteiger partial charge on any atom is -0.244 e. The standard InChI is InChI=1S/C7H8INOS/c1-11(10,9-8)7-5-3-2-4-6-7/h2-6H,1H3. The fourth-order valence-corrected chi connectivity index (χ4v) is 2.14. The van der Waals surface area contributed by atoms with Gasteiger partial charge in [0.15, 0.2) is 0 Å². The first kappa shape index (κ1) is 8.99. The largest absolute Gasteiger partial charge is 0.244 e. The van der Waals surface area contributed by atoms with Crippen LogP contribution in [-0.4, -0.2) is 10.5 Å². The Balaban J connectivity index is 3.25. The third-order valence-corrected chi connectivity index (χ3v) is 4.98. The smallest absolute Gasteiger partial charge is 0.0956 e. The monoisotopic (exact) mass is 281 g/mol. The van der Waals surface area contributed by atoms with Crippen LogP contribution in [0, 0.1) is 0 Å². The van der Waals surface area contributed by atoms with Gasteiger partial charge in [-0.2, -0.15) is 2.58 Å². The molecule has 1 aromatic rings. The average Bonchev–Trinajstić information content (AvgIpc) is 2.06. The van der Waals surface area contributed by atoms with E-state index in [0.717, 1.165) is 4.90 Å². The molecule has 60 valence electrons. The maximum absolute atomic E-state index is 11.6. The van der Waals surface area contributed by atoms with Gasteiger partial charge in [0, 0.05) is 11.2 Å². The number of nitrogens with zero attached hydrogens (tertiary/aromatic N) is 1. The van der Waals surface area contributed by atoms with Gasteiger partial charge in [-0.1, -0.05) is 18.2 Å². The molecule has 11 heavy (non-hydrogen) atoms. The molecule has 0 aliphatic heterocycles. The summed E-state index contributed by atoms with van der Waals surface area (Å²) in [5, 5.41) is 0. The van der Waals surface area contributed by atoms with Crippen molar-refractivity contribution in [1.29, 1.82) is 0 Å². The summed E-state index contributed by atoms with van der Waals surface area (Å²) in [7, 11) is -2.14. The molecule has 2 nitrogen and oxygen atoms in total. The molecule has 0 fully saturated rings. The van der Waals surface area contributed by atoms with Crippen LogP contribution in [0.5, 0.6) is 0 Å². The molecule has 0 N–H and O–H groups in total. The topological polar surface area (TPSA) is 29.4 Å². The predicted molar refractivity (Wildman–Crippen MR) is 55.2 cm³/mol. The van der Waals surface area contributed by atoms with Crippen LogP contribution in [0.25, 0.3) is 0 Å². The van der Waals surface area contributed by atoms with E-state index in [1.165, 1.54) is 0 Å². The van der Waals surface area contributed by atoms with Crippen LogP contribution in [0.1, 0.15) is 0 Å². The lowest BCUT2D eigenvalue weighted by Gasteiger charge is -1.99. The molecule has 0 aromatic heterocycles. The summed E-state index contributed by atoms with van der Waals surface area (Å²) in [6, 6.07) is 9.27. The Morgan fingerprint density at radius 2 is 1.91 bits per heavy atom. The highest BCUT2D eigenvalue weighted by atomic mass is 127. The first-order valence-corrected chi connectivity index (χ1v) is 5.93. The van der Waals surface area contributed by atoms with E-state index in [-0.39, 0.29) is 0 Å². The van der Waals surface area contributed by atoms with E-state index in [4.69, 9.17) is 0 Å². The van der Waals surface area contributed by atoms with E-state index in [1.54, 1.807) is 29.1 Å². The summed E-state index contributed by atoms with van der Waals surface area (Å²) in [5.41, 5.74) is 0. The lowest BCUT2D eigenvalue weighted by Crippen LogP contribution is -1.94. The third-order valence-electron chi connectivity index (χ3n) is 1.31. The van der Waals surface area contributed by atoms with Crippen LogP contribution in [0.15, 0.2) is 37.8 Å². The Morgan fingerprint density at radius 3 is 2.36 bits per heavy atom. The van der Waals surface area contributed by atoms with E-state index in [0.29, 0.717) is 0 Å². The highest BCUT2D eigenvalue weighted by molar-refractivity contribution is 14.1. The molecular weight excluding hydrogens is 273 g/mol. The molecule has 0 spiro atoms. The van der Waals surface area contributed by atoms with Crippen LogP contribution in [0.2, 0.25) is 0 Å². The van der Waals surface area contributed by atoms with Crippen molar-refractivity contribution >= 4 is 32.6 Å². The van der Waals surface area contributed by atoms with Gasteiger partial charge in [0.05, 0.1) is 32.6 Å². The predicted octanol–water partition coefficient (Wildman–Crippen LogP) is 2.49. The Hall–Kier alpha value is -0.100. The second kappa shape index (κ2) is 3.53. The van der Waals surface area contributed by atoms with E-state index in [9.17, 15) is 4.21 Å². The zero-order chi connectivity index (χ0) is 8.32. The van der Waals surface area contributed by atoms with E-state index < -0.39 is 9.73 Å². The van der Waals surface area contributed by atoms with Crippen molar-refractivity contribution in [3.05, 3.63) is 30.3 Å². The molecule has 4 heteroatoms. The molecule has 0 heterocycles. The average molecular weight is 281 g/mol. The zero-order valence-electron chi connectivity index (χ0n) is 6.03. The quantitative estimate of drug-likeness (QED) is 0.727. The second-order valence-corrected chi connectivity index (χ2v) is 5.58. The molecule has 1 unspecified atom stereocenters. The Kier molecular flexibility index (Phi) is 2.89. The first-order valence-electron chi connectivity index (χ1n) is 3.04. The molecule has 1 aromatic carbocycles. The molecule has 0 radical (unpaired) electrons. The van der Waals surface area contributed by atoms with Gasteiger partial charge in [-0.25, -0.2) is 4.21 Å². The third kappa shape index (κ3) is 2.16. The van der Waals surface area contributed by atoms with Crippen molar-refractivity contribution in [3.8, 4) is 0 Å². The summed E-state index contributed by atoms with van der Waals surface area (Å²) in [6.07, 6.45) is 1.63. The number of hydrogen-bond acceptors (Lipinski definition) is 2. The maximum atomic E-state index is 11.6. The van der Waals surface area contributed by atoms with Crippen LogP contribution >= 0.6 is 22.9 Å². The van der Waals surface area contributed by atoms with Gasteiger partial charge in [0.1, 0.15) is 0 Å². The van der Waals surface area contributed by atoms with Gasteiger partial charge in [0.2, 0.25) is 0 Å². The van der Waals surface area contributed by atoms with Crippen molar-refractivity contribution in [2.75, 3.05) is 6.26 Å². The van der Waals surface area contributed by atoms with E-state index in [1.807, 2.05) is 30.3 Å². The number of benzene rings is 1. The highest BCUT2D eigenvalue weighted by Gasteiger charge is 2.01. The van der Waals surface area contributed by atoms with Gasteiger partial charge >= 0.3 is 0 Å². The second-order valence-electron chi connectivity index (χ2n) is 2.18. The fraction of sp³-hybridized carbons (Fsp3) is 0.143. The Labute approximate surface area is 80.7 Å². The van der Waals surface area contributed by atoms with Gasteiger partial charge in [0.25, 0.3) is 0 Å². The Bertz CT molecular complexity index is 341. The summed E-state index contributed by atoms with van der Waals surface area (Å²) >= 11 is 1.78. The van der Waals surface area contributed by atoms with Crippen molar-refractivity contribution in [2.24, 2.45) is 2.58 Å². The number of rotatable bonds is 1. The molecule has 1 rings (SSSR count). The van der Waals surface area contributed by atoms with Gasteiger partial charge < -0.3 is 0 Å². The zero-order valence-corrected chi connectivity index (χ0v) is 9.00. The molecule has 0 aliphatic rings. The lowest BCUT2D eigenvalue weighted by molar-refractivity contribution is 0.682. The molecule has 1 atom stereocenters. The number of hydrogen-bond donors (Lipinski definition) is 0. The molecular formula is C7H8INOS. The molecule has 0 saturated heterocycles. The Morgan fingerprint density at radius 1 is 1.36 bits per heavy atom. The van der Waals surface area contributed by atoms with Crippen LogP contribution in [-0.2, 0) is 9.73 Å². The van der Waals surface area contributed by atoms with Crippen molar-refractivity contribution in [1.82, 2.24) is 0 Å². The van der Waals surface area contributed by atoms with Crippen molar-refractivity contribution < 1.29 is 4.21 Å². The summed E-state index contributed by atoms with van der Waals surface area (Å²) in [5.74, 6) is 0. The summed E-state index contributed by atoms with van der Waals surface area (Å²) in [4.78, 5) is 0.786. The molecule has 0 bridgehead atoms. The van der Waals surface area contributed by atoms with Gasteiger partial charge in [-0.05, 0) is 12.1 Å². The molecule has 0 aliphatic carbocycles. The normalized spacial score (nSPS) is 15.5. The molecule has 0 saturated carbocycles. The lowest BCUT2D eigenvalue weighted by atomic mass is 10.4. The van der Waals surface area contributed by atoms with E-state index >= 15 is 0 Å². The maximum Gasteiger partial charge on any atom is 0.0956 e. The fourth-order valence-electron chi connectivity index (χ4n) is 0.713. The van der Waals surface area contributed by atoms with Crippen LogP contribution in [0.4, 0.5) is 0 Å². The SMILES string of the molecule is CS(=O)(=NI)c1ccccc1. The van der Waals surface area contributed by atoms with Crippen LogP contribution in [0.3, 0.4) is 0 Å².